The van der Waals surface area contributed by atoms with Crippen molar-refractivity contribution in [1.29, 1.82) is 0 Å². The van der Waals surface area contributed by atoms with Gasteiger partial charge in [-0.2, -0.15) is 0 Å². The van der Waals surface area contributed by atoms with Crippen molar-refractivity contribution in [2.24, 2.45) is 0 Å². The standard InChI is InChI=1S/C44H29NO2/c46-32-24-34-35-25-33(47)27-39-41(35)45-40(34)38(26-32)43(28-14-5-1-6-15-28,29-16-7-2-8-17-29)36-22-13-23-37(42(36)45)44(39,30-18-9-3-10-19-30)31-20-11-4-12-21-31/h1-27,46-47H. The number of benzene rings is 7. The van der Waals surface area contributed by atoms with Crippen molar-refractivity contribution in [2.45, 2.75) is 10.8 Å². The fourth-order valence-electron chi connectivity index (χ4n) is 9.05. The Morgan fingerprint density at radius 2 is 0.702 bits per heavy atom. The van der Waals surface area contributed by atoms with Crippen LogP contribution in [0.25, 0.3) is 27.5 Å². The van der Waals surface area contributed by atoms with Gasteiger partial charge in [0.1, 0.15) is 11.5 Å². The fourth-order valence-corrected chi connectivity index (χ4v) is 9.05. The minimum atomic E-state index is -0.742. The van der Waals surface area contributed by atoms with Crippen molar-refractivity contribution in [1.82, 2.24) is 4.57 Å². The lowest BCUT2D eigenvalue weighted by Crippen LogP contribution is -2.41. The summed E-state index contributed by atoms with van der Waals surface area (Å²) in [6.07, 6.45) is 0. The van der Waals surface area contributed by atoms with Crippen molar-refractivity contribution < 1.29 is 10.2 Å². The molecule has 2 aliphatic heterocycles. The molecule has 2 aliphatic rings. The van der Waals surface area contributed by atoms with E-state index in [1.54, 1.807) is 0 Å². The third kappa shape index (κ3) is 3.11. The summed E-state index contributed by atoms with van der Waals surface area (Å²) in [6, 6.07) is 57.2. The maximum atomic E-state index is 11.5. The average Bonchev–Trinajstić information content (AvgIpc) is 3.45. The highest BCUT2D eigenvalue weighted by atomic mass is 16.3. The molecular weight excluding hydrogens is 574 g/mol. The number of hydrogen-bond donors (Lipinski definition) is 2. The predicted octanol–water partition coefficient (Wildman–Crippen LogP) is 9.59. The zero-order valence-electron chi connectivity index (χ0n) is 25.4. The molecule has 0 fully saturated rings. The number of rotatable bonds is 4. The van der Waals surface area contributed by atoms with Gasteiger partial charge in [-0.3, -0.25) is 0 Å². The van der Waals surface area contributed by atoms with Crippen molar-refractivity contribution in [3.05, 3.63) is 208 Å². The Bertz CT molecular complexity index is 2270. The summed E-state index contributed by atoms with van der Waals surface area (Å²) >= 11 is 0. The van der Waals surface area contributed by atoms with Gasteiger partial charge in [0.05, 0.1) is 27.6 Å². The molecule has 0 spiro atoms. The Balaban J connectivity index is 1.55. The molecular formula is C44H29NO2. The van der Waals surface area contributed by atoms with Gasteiger partial charge in [0, 0.05) is 10.8 Å². The molecule has 0 amide bonds. The van der Waals surface area contributed by atoms with Crippen LogP contribution in [0.4, 0.5) is 0 Å². The largest absolute Gasteiger partial charge is 0.508 e. The van der Waals surface area contributed by atoms with Crippen LogP contribution in [0.3, 0.4) is 0 Å². The molecule has 0 bridgehead atoms. The van der Waals surface area contributed by atoms with Gasteiger partial charge in [0.2, 0.25) is 0 Å². The minimum absolute atomic E-state index is 0.198. The molecule has 7 aromatic carbocycles. The molecule has 47 heavy (non-hydrogen) atoms. The lowest BCUT2D eigenvalue weighted by atomic mass is 9.58. The van der Waals surface area contributed by atoms with Crippen LogP contribution in [0.2, 0.25) is 0 Å². The molecule has 10 rings (SSSR count). The van der Waals surface area contributed by atoms with E-state index in [9.17, 15) is 10.2 Å². The van der Waals surface area contributed by atoms with Crippen molar-refractivity contribution in [3.63, 3.8) is 0 Å². The Kier molecular flexibility index (Phi) is 5.15. The lowest BCUT2D eigenvalue weighted by molar-refractivity contribution is 0.474. The van der Waals surface area contributed by atoms with Crippen LogP contribution >= 0.6 is 0 Å². The van der Waals surface area contributed by atoms with Crippen molar-refractivity contribution in [2.75, 3.05) is 0 Å². The molecule has 3 heterocycles. The van der Waals surface area contributed by atoms with Crippen LogP contribution in [0.1, 0.15) is 44.5 Å². The van der Waals surface area contributed by atoms with Crippen LogP contribution in [0.5, 0.6) is 11.5 Å². The van der Waals surface area contributed by atoms with Gasteiger partial charge in [-0.1, -0.05) is 140 Å². The second kappa shape index (κ2) is 9.24. The molecule has 8 aromatic rings. The zero-order valence-corrected chi connectivity index (χ0v) is 25.4. The number of aromatic nitrogens is 1. The van der Waals surface area contributed by atoms with E-state index in [-0.39, 0.29) is 11.5 Å². The highest BCUT2D eigenvalue weighted by Gasteiger charge is 2.52. The molecule has 0 saturated heterocycles. The average molecular weight is 604 g/mol. The maximum absolute atomic E-state index is 11.5. The summed E-state index contributed by atoms with van der Waals surface area (Å²) < 4.78 is 2.42. The van der Waals surface area contributed by atoms with E-state index < -0.39 is 10.8 Å². The topological polar surface area (TPSA) is 45.4 Å². The van der Waals surface area contributed by atoms with Crippen LogP contribution < -0.4 is 0 Å². The quantitative estimate of drug-likeness (QED) is 0.210. The van der Waals surface area contributed by atoms with Gasteiger partial charge in [0.15, 0.2) is 0 Å². The Morgan fingerprint density at radius 1 is 0.362 bits per heavy atom. The van der Waals surface area contributed by atoms with E-state index in [2.05, 4.69) is 144 Å². The Hall–Kier alpha value is -6.06. The van der Waals surface area contributed by atoms with Crippen LogP contribution in [-0.4, -0.2) is 14.8 Å². The predicted molar refractivity (Wildman–Crippen MR) is 188 cm³/mol. The van der Waals surface area contributed by atoms with Gasteiger partial charge in [0.25, 0.3) is 0 Å². The third-order valence-electron chi connectivity index (χ3n) is 10.6. The first-order chi connectivity index (χ1) is 23.1. The lowest BCUT2D eigenvalue weighted by Gasteiger charge is -2.47. The molecule has 0 saturated carbocycles. The van der Waals surface area contributed by atoms with E-state index in [1.807, 2.05) is 24.3 Å². The second-order valence-electron chi connectivity index (χ2n) is 12.8. The highest BCUT2D eigenvalue weighted by molar-refractivity contribution is 6.15. The van der Waals surface area contributed by atoms with Gasteiger partial charge in [-0.15, -0.1) is 0 Å². The first-order valence-electron chi connectivity index (χ1n) is 16.1. The minimum Gasteiger partial charge on any atom is -0.508 e. The van der Waals surface area contributed by atoms with Gasteiger partial charge >= 0.3 is 0 Å². The first-order valence-corrected chi connectivity index (χ1v) is 16.1. The van der Waals surface area contributed by atoms with Gasteiger partial charge in [-0.25, -0.2) is 0 Å². The van der Waals surface area contributed by atoms with E-state index >= 15 is 0 Å². The molecule has 3 heteroatoms. The number of para-hydroxylation sites is 1. The SMILES string of the molecule is Oc1cc2c3c(c1)c1cc(O)cc4c1n3-c1c(cccc1C4(c1ccccc1)c1ccccc1)C2(c1ccccc1)c1ccccc1. The van der Waals surface area contributed by atoms with E-state index in [4.69, 9.17) is 0 Å². The highest BCUT2D eigenvalue weighted by Crippen LogP contribution is 2.62. The smallest absolute Gasteiger partial charge is 0.116 e. The summed E-state index contributed by atoms with van der Waals surface area (Å²) in [6.45, 7) is 0. The number of phenols is 2. The van der Waals surface area contributed by atoms with Crippen LogP contribution in [0, 0.1) is 0 Å². The van der Waals surface area contributed by atoms with E-state index in [1.165, 1.54) is 0 Å². The molecule has 1 aromatic heterocycles. The molecule has 3 nitrogen and oxygen atoms in total. The number of fused-ring (bicyclic) bond motifs is 1. The molecule has 0 unspecified atom stereocenters. The van der Waals surface area contributed by atoms with Gasteiger partial charge < -0.3 is 14.8 Å². The normalized spacial score (nSPS) is 14.9. The molecule has 0 radical (unpaired) electrons. The van der Waals surface area contributed by atoms with E-state index in [0.717, 1.165) is 72.0 Å². The number of nitrogens with zero attached hydrogens (tertiary/aromatic N) is 1. The molecule has 0 aliphatic carbocycles. The summed E-state index contributed by atoms with van der Waals surface area (Å²) in [5.74, 6) is 0.396. The Labute approximate surface area is 272 Å². The van der Waals surface area contributed by atoms with Crippen molar-refractivity contribution in [3.8, 4) is 17.2 Å². The second-order valence-corrected chi connectivity index (χ2v) is 12.8. The Morgan fingerprint density at radius 3 is 1.04 bits per heavy atom. The zero-order chi connectivity index (χ0) is 31.3. The number of phenolic OH excluding ortho intramolecular Hbond substituents is 2. The van der Waals surface area contributed by atoms with Crippen LogP contribution in [-0.2, 0) is 10.8 Å². The third-order valence-corrected chi connectivity index (χ3v) is 10.6. The van der Waals surface area contributed by atoms with Crippen LogP contribution in [0.15, 0.2) is 164 Å². The number of aromatic hydroxyl groups is 2. The van der Waals surface area contributed by atoms with Crippen molar-refractivity contribution >= 4 is 21.8 Å². The fraction of sp³-hybridized carbons (Fsp3) is 0.0455. The first kappa shape index (κ1) is 26.2. The summed E-state index contributed by atoms with van der Waals surface area (Å²) in [5, 5.41) is 24.9. The van der Waals surface area contributed by atoms with Gasteiger partial charge in [-0.05, 0) is 68.8 Å². The molecule has 222 valence electrons. The number of hydrogen-bond acceptors (Lipinski definition) is 2. The summed E-state index contributed by atoms with van der Waals surface area (Å²) in [5.41, 5.74) is 10.6. The monoisotopic (exact) mass is 603 g/mol. The summed E-state index contributed by atoms with van der Waals surface area (Å²) in [4.78, 5) is 0. The maximum Gasteiger partial charge on any atom is 0.116 e. The van der Waals surface area contributed by atoms with E-state index in [0.29, 0.717) is 0 Å². The summed E-state index contributed by atoms with van der Waals surface area (Å²) in [7, 11) is 0. The molecule has 2 N–H and O–H groups in total. The molecule has 0 atom stereocenters.